The van der Waals surface area contributed by atoms with E-state index in [4.69, 9.17) is 9.84 Å². The van der Waals surface area contributed by atoms with Crippen molar-refractivity contribution >= 4 is 44.2 Å². The molecule has 1 aliphatic rings. The van der Waals surface area contributed by atoms with Gasteiger partial charge in [0.15, 0.2) is 0 Å². The topological polar surface area (TPSA) is 76.8 Å². The van der Waals surface area contributed by atoms with Gasteiger partial charge in [0.1, 0.15) is 11.4 Å². The smallest absolute Gasteiger partial charge is 0.279 e. The van der Waals surface area contributed by atoms with Gasteiger partial charge in [0.05, 0.1) is 24.3 Å². The number of morpholine rings is 1. The Kier molecular flexibility index (Phi) is 6.08. The molecule has 34 heavy (non-hydrogen) atoms. The van der Waals surface area contributed by atoms with E-state index in [2.05, 4.69) is 32.6 Å². The Morgan fingerprint density at radius 1 is 1.03 bits per heavy atom. The Bertz CT molecular complexity index is 1480. The number of nitroso groups, excluding NO2 is 1. The number of benzene rings is 3. The number of hydrogen-bond donors (Lipinski definition) is 0. The van der Waals surface area contributed by atoms with Crippen LogP contribution < -0.4 is 10.5 Å². The minimum Gasteiger partial charge on any atom is -0.378 e. The van der Waals surface area contributed by atoms with Gasteiger partial charge in [-0.15, -0.1) is 4.91 Å². The maximum absolute atomic E-state index is 13.6. The standard InChI is InChI=1S/C26H21BrN4O3/c1-2-17-13-18(15-19(27)14-17)25-21-5-3-4-6-22(21)26(32)31(28-25)24-16-20(7-8-23(24)29-33)30-9-11-34-12-10-30/h2-8,13-16H,1,9-12H2. The van der Waals surface area contributed by atoms with Crippen LogP contribution in [0.2, 0.25) is 0 Å². The molecule has 0 spiro atoms. The van der Waals surface area contributed by atoms with E-state index in [1.54, 1.807) is 24.3 Å². The molecule has 0 unspecified atom stereocenters. The molecule has 3 aromatic carbocycles. The van der Waals surface area contributed by atoms with Gasteiger partial charge in [0.25, 0.3) is 5.56 Å². The molecule has 1 aromatic heterocycles. The maximum atomic E-state index is 13.6. The zero-order valence-corrected chi connectivity index (χ0v) is 19.9. The molecule has 0 radical (unpaired) electrons. The van der Waals surface area contributed by atoms with Crippen molar-refractivity contribution in [2.45, 2.75) is 0 Å². The van der Waals surface area contributed by atoms with Crippen LogP contribution in [0.25, 0.3) is 33.8 Å². The molecule has 4 aromatic rings. The fourth-order valence-corrected chi connectivity index (χ4v) is 4.72. The molecule has 0 aliphatic carbocycles. The molecule has 5 rings (SSSR count). The van der Waals surface area contributed by atoms with Crippen molar-refractivity contribution in [1.29, 1.82) is 0 Å². The molecule has 0 N–H and O–H groups in total. The van der Waals surface area contributed by atoms with Crippen molar-refractivity contribution in [1.82, 2.24) is 9.78 Å². The first-order valence-corrected chi connectivity index (χ1v) is 11.6. The van der Waals surface area contributed by atoms with E-state index in [1.165, 1.54) is 4.68 Å². The van der Waals surface area contributed by atoms with Gasteiger partial charge in [-0.05, 0) is 53.2 Å². The Morgan fingerprint density at radius 2 is 1.79 bits per heavy atom. The number of ether oxygens (including phenoxy) is 1. The van der Waals surface area contributed by atoms with Crippen LogP contribution in [0.3, 0.4) is 0 Å². The van der Waals surface area contributed by atoms with E-state index in [-0.39, 0.29) is 11.2 Å². The molecule has 0 bridgehead atoms. The second-order valence-electron chi connectivity index (χ2n) is 7.95. The summed E-state index contributed by atoms with van der Waals surface area (Å²) in [5.41, 5.74) is 3.40. The lowest BCUT2D eigenvalue weighted by atomic mass is 10.0. The second-order valence-corrected chi connectivity index (χ2v) is 8.87. The highest BCUT2D eigenvalue weighted by Crippen LogP contribution is 2.32. The zero-order valence-electron chi connectivity index (χ0n) is 18.3. The second kappa shape index (κ2) is 9.32. The van der Waals surface area contributed by atoms with Crippen LogP contribution in [0.5, 0.6) is 0 Å². The lowest BCUT2D eigenvalue weighted by Crippen LogP contribution is -2.36. The van der Waals surface area contributed by atoms with E-state index in [1.807, 2.05) is 42.5 Å². The minimum absolute atomic E-state index is 0.147. The van der Waals surface area contributed by atoms with Gasteiger partial charge in [-0.25, -0.2) is 0 Å². The van der Waals surface area contributed by atoms with Gasteiger partial charge in [0.2, 0.25) is 0 Å². The summed E-state index contributed by atoms with van der Waals surface area (Å²) in [5.74, 6) is 0. The summed E-state index contributed by atoms with van der Waals surface area (Å²) in [7, 11) is 0. The number of anilines is 1. The summed E-state index contributed by atoms with van der Waals surface area (Å²) in [6.07, 6.45) is 1.76. The van der Waals surface area contributed by atoms with Crippen LogP contribution in [0, 0.1) is 4.91 Å². The summed E-state index contributed by atoms with van der Waals surface area (Å²) >= 11 is 3.55. The van der Waals surface area contributed by atoms with Gasteiger partial charge in [0, 0.05) is 34.2 Å². The third-order valence-corrected chi connectivity index (χ3v) is 6.35. The largest absolute Gasteiger partial charge is 0.378 e. The van der Waals surface area contributed by atoms with Crippen LogP contribution in [0.4, 0.5) is 11.4 Å². The van der Waals surface area contributed by atoms with Crippen LogP contribution in [-0.4, -0.2) is 36.1 Å². The van der Waals surface area contributed by atoms with E-state index < -0.39 is 0 Å². The molecule has 2 heterocycles. The Labute approximate surface area is 204 Å². The fraction of sp³-hybridized carbons (Fsp3) is 0.154. The van der Waals surface area contributed by atoms with Crippen molar-refractivity contribution < 1.29 is 4.74 Å². The molecular formula is C26H21BrN4O3. The molecule has 0 atom stereocenters. The Balaban J connectivity index is 1.78. The van der Waals surface area contributed by atoms with Gasteiger partial charge in [-0.1, -0.05) is 46.8 Å². The number of fused-ring (bicyclic) bond motifs is 1. The van der Waals surface area contributed by atoms with Crippen molar-refractivity contribution in [3.63, 3.8) is 0 Å². The highest BCUT2D eigenvalue weighted by molar-refractivity contribution is 9.10. The third-order valence-electron chi connectivity index (χ3n) is 5.90. The third kappa shape index (κ3) is 4.06. The molecule has 8 heteroatoms. The quantitative estimate of drug-likeness (QED) is 0.318. The number of halogens is 1. The van der Waals surface area contributed by atoms with Crippen LogP contribution in [0.1, 0.15) is 5.56 Å². The summed E-state index contributed by atoms with van der Waals surface area (Å²) < 4.78 is 7.61. The minimum atomic E-state index is -0.317. The van der Waals surface area contributed by atoms with Crippen molar-refractivity contribution in [2.24, 2.45) is 5.18 Å². The number of aromatic nitrogens is 2. The number of hydrogen-bond acceptors (Lipinski definition) is 6. The lowest BCUT2D eigenvalue weighted by Gasteiger charge is -2.29. The van der Waals surface area contributed by atoms with E-state index in [0.29, 0.717) is 30.0 Å². The first-order chi connectivity index (χ1) is 16.6. The van der Waals surface area contributed by atoms with E-state index >= 15 is 0 Å². The molecule has 1 fully saturated rings. The van der Waals surface area contributed by atoms with Crippen molar-refractivity contribution in [2.75, 3.05) is 31.2 Å². The van der Waals surface area contributed by atoms with Gasteiger partial charge in [-0.3, -0.25) is 4.79 Å². The first-order valence-electron chi connectivity index (χ1n) is 10.8. The molecule has 1 saturated heterocycles. The number of rotatable bonds is 5. The SMILES string of the molecule is C=Cc1cc(Br)cc(-c2nn(-c3cc(N4CCOCC4)ccc3N=O)c(=O)c3ccccc23)c1. The highest BCUT2D eigenvalue weighted by Gasteiger charge is 2.19. The Morgan fingerprint density at radius 3 is 2.53 bits per heavy atom. The molecule has 0 amide bonds. The van der Waals surface area contributed by atoms with Crippen molar-refractivity contribution in [3.05, 3.63) is 92.5 Å². The maximum Gasteiger partial charge on any atom is 0.279 e. The van der Waals surface area contributed by atoms with Crippen LogP contribution in [-0.2, 0) is 4.74 Å². The molecule has 0 saturated carbocycles. The molecule has 170 valence electrons. The fourth-order valence-electron chi connectivity index (χ4n) is 4.21. The predicted molar refractivity (Wildman–Crippen MR) is 139 cm³/mol. The van der Waals surface area contributed by atoms with Crippen molar-refractivity contribution in [3.8, 4) is 16.9 Å². The average Bonchev–Trinajstić information content (AvgIpc) is 2.89. The Hall–Kier alpha value is -3.62. The van der Waals surface area contributed by atoms with Gasteiger partial charge >= 0.3 is 0 Å². The molecule has 1 aliphatic heterocycles. The van der Waals surface area contributed by atoms with E-state index in [9.17, 15) is 9.70 Å². The summed E-state index contributed by atoms with van der Waals surface area (Å²) in [4.78, 5) is 27.4. The first kappa shape index (κ1) is 22.2. The monoisotopic (exact) mass is 516 g/mol. The normalized spacial score (nSPS) is 13.7. The average molecular weight is 517 g/mol. The number of nitrogens with zero attached hydrogens (tertiary/aromatic N) is 4. The van der Waals surface area contributed by atoms with Gasteiger partial charge in [-0.2, -0.15) is 9.78 Å². The zero-order chi connectivity index (χ0) is 23.7. The van der Waals surface area contributed by atoms with Crippen LogP contribution >= 0.6 is 15.9 Å². The molecule has 7 nitrogen and oxygen atoms in total. The lowest BCUT2D eigenvalue weighted by molar-refractivity contribution is 0.122. The summed E-state index contributed by atoms with van der Waals surface area (Å²) in [5, 5.41) is 9.17. The molecular weight excluding hydrogens is 496 g/mol. The van der Waals surface area contributed by atoms with E-state index in [0.717, 1.165) is 39.8 Å². The predicted octanol–water partition coefficient (Wildman–Crippen LogP) is 5.69. The summed E-state index contributed by atoms with van der Waals surface area (Å²) in [6.45, 7) is 6.56. The van der Waals surface area contributed by atoms with Crippen LogP contribution in [0.15, 0.2) is 81.7 Å². The highest BCUT2D eigenvalue weighted by atomic mass is 79.9. The summed E-state index contributed by atoms with van der Waals surface area (Å²) in [6, 6.07) is 18.5. The van der Waals surface area contributed by atoms with Gasteiger partial charge < -0.3 is 9.64 Å².